The third-order valence-electron chi connectivity index (χ3n) is 5.15. The van der Waals surface area contributed by atoms with Crippen molar-refractivity contribution >= 4 is 38.7 Å². The van der Waals surface area contributed by atoms with Crippen LogP contribution in [-0.2, 0) is 10.2 Å². The summed E-state index contributed by atoms with van der Waals surface area (Å²) in [6, 6.07) is 9.61. The first kappa shape index (κ1) is 20.1. The molecule has 0 atom stereocenters. The van der Waals surface area contributed by atoms with Gasteiger partial charge in [0, 0.05) is 43.9 Å². The largest absolute Gasteiger partial charge is 0.356 e. The van der Waals surface area contributed by atoms with Gasteiger partial charge in [-0.15, -0.1) is 0 Å². The number of rotatable bonds is 5. The van der Waals surface area contributed by atoms with Crippen LogP contribution in [0, 0.1) is 0 Å². The van der Waals surface area contributed by atoms with E-state index in [0.717, 1.165) is 28.1 Å². The van der Waals surface area contributed by atoms with Gasteiger partial charge in [-0.1, -0.05) is 23.7 Å². The Kier molecular flexibility index (Phi) is 5.48. The zero-order valence-electron chi connectivity index (χ0n) is 16.3. The summed E-state index contributed by atoms with van der Waals surface area (Å²) < 4.78 is 28.1. The molecule has 4 rings (SSSR count). The maximum Gasteiger partial charge on any atom is 0.279 e. The number of benzene rings is 1. The molecule has 1 aromatic carbocycles. The lowest BCUT2D eigenvalue weighted by Gasteiger charge is -2.33. The summed E-state index contributed by atoms with van der Waals surface area (Å²) in [5.41, 5.74) is 2.75. The average molecular weight is 435 g/mol. The van der Waals surface area contributed by atoms with E-state index in [-0.39, 0.29) is 6.04 Å². The van der Waals surface area contributed by atoms with Crippen LogP contribution in [0.3, 0.4) is 0 Å². The van der Waals surface area contributed by atoms with Gasteiger partial charge in [-0.05, 0) is 36.6 Å². The number of H-pyrrole nitrogens is 1. The third kappa shape index (κ3) is 4.23. The van der Waals surface area contributed by atoms with Crippen LogP contribution in [0.4, 0.5) is 5.82 Å². The Balaban J connectivity index is 1.54. The molecular formula is C19H23ClN6O2S. The molecule has 0 bridgehead atoms. The number of halogens is 1. The molecule has 1 aliphatic rings. The molecule has 0 spiro atoms. The molecule has 8 nitrogen and oxygen atoms in total. The molecule has 3 aromatic rings. The topological polar surface area (TPSA) is 94.2 Å². The van der Waals surface area contributed by atoms with Crippen molar-refractivity contribution in [2.75, 3.05) is 32.1 Å². The van der Waals surface area contributed by atoms with Crippen molar-refractivity contribution in [1.82, 2.24) is 24.0 Å². The zero-order valence-corrected chi connectivity index (χ0v) is 17.8. The van der Waals surface area contributed by atoms with Crippen molar-refractivity contribution in [3.05, 3.63) is 41.7 Å². The van der Waals surface area contributed by atoms with Crippen molar-refractivity contribution in [3.8, 4) is 11.3 Å². The molecule has 0 saturated carbocycles. The molecule has 2 aromatic heterocycles. The highest BCUT2D eigenvalue weighted by atomic mass is 35.5. The van der Waals surface area contributed by atoms with Gasteiger partial charge in [-0.2, -0.15) is 17.4 Å². The first-order chi connectivity index (χ1) is 13.8. The van der Waals surface area contributed by atoms with Crippen LogP contribution in [0.5, 0.6) is 0 Å². The maximum absolute atomic E-state index is 12.1. The molecular weight excluding hydrogens is 412 g/mol. The predicted octanol–water partition coefficient (Wildman–Crippen LogP) is 2.64. The second-order valence-corrected chi connectivity index (χ2v) is 9.67. The first-order valence-electron chi connectivity index (χ1n) is 9.38. The van der Waals surface area contributed by atoms with E-state index in [9.17, 15) is 8.42 Å². The minimum absolute atomic E-state index is 0.0770. The number of hydrogen-bond acceptors (Lipinski definition) is 5. The normalized spacial score (nSPS) is 16.1. The number of nitrogens with zero attached hydrogens (tertiary/aromatic N) is 4. The summed E-state index contributed by atoms with van der Waals surface area (Å²) in [6.45, 7) is 1.43. The van der Waals surface area contributed by atoms with Crippen LogP contribution in [0.15, 0.2) is 36.7 Å². The maximum atomic E-state index is 12.1. The Hall–Kier alpha value is -2.20. The van der Waals surface area contributed by atoms with Gasteiger partial charge in [0.2, 0.25) is 0 Å². The molecule has 3 heterocycles. The van der Waals surface area contributed by atoms with Crippen LogP contribution in [-0.4, -0.2) is 60.9 Å². The standard InChI is InChI=1S/C19H23ClN6O2S/c1-25(2)29(27,28)24-15-7-9-26(10-8-15)19-16-11-17(23-18(16)21-12-22-19)13-3-5-14(20)6-4-13/h3-6,11-12,15,24H,7-10H2,1-2H3,(H,21,22,23). The highest BCUT2D eigenvalue weighted by Crippen LogP contribution is 2.30. The predicted molar refractivity (Wildman–Crippen MR) is 115 cm³/mol. The van der Waals surface area contributed by atoms with Gasteiger partial charge in [0.05, 0.1) is 5.39 Å². The number of hydrogen-bond donors (Lipinski definition) is 2. The average Bonchev–Trinajstić information content (AvgIpc) is 3.13. The second kappa shape index (κ2) is 7.91. The number of nitrogens with one attached hydrogen (secondary N) is 2. The highest BCUT2D eigenvalue weighted by Gasteiger charge is 2.26. The van der Waals surface area contributed by atoms with Crippen molar-refractivity contribution in [2.24, 2.45) is 0 Å². The lowest BCUT2D eigenvalue weighted by molar-refractivity contribution is 0.437. The molecule has 0 amide bonds. The van der Waals surface area contributed by atoms with E-state index in [2.05, 4.69) is 30.6 Å². The summed E-state index contributed by atoms with van der Waals surface area (Å²) in [5.74, 6) is 0.861. The van der Waals surface area contributed by atoms with E-state index in [4.69, 9.17) is 11.6 Å². The minimum Gasteiger partial charge on any atom is -0.356 e. The SMILES string of the molecule is CN(C)S(=O)(=O)NC1CCN(c2ncnc3[nH]c(-c4ccc(Cl)cc4)cc23)CC1. The van der Waals surface area contributed by atoms with E-state index in [1.807, 2.05) is 24.3 Å². The first-order valence-corrected chi connectivity index (χ1v) is 11.2. The van der Waals surface area contributed by atoms with Gasteiger partial charge in [0.1, 0.15) is 17.8 Å². The smallest absolute Gasteiger partial charge is 0.279 e. The number of piperidine rings is 1. The minimum atomic E-state index is -3.42. The summed E-state index contributed by atoms with van der Waals surface area (Å²) in [5, 5.41) is 1.64. The lowest BCUT2D eigenvalue weighted by Crippen LogP contribution is -2.48. The van der Waals surface area contributed by atoms with E-state index >= 15 is 0 Å². The van der Waals surface area contributed by atoms with Gasteiger partial charge in [-0.3, -0.25) is 0 Å². The van der Waals surface area contributed by atoms with Crippen LogP contribution in [0.25, 0.3) is 22.3 Å². The zero-order chi connectivity index (χ0) is 20.6. The summed E-state index contributed by atoms with van der Waals surface area (Å²) in [6.07, 6.45) is 2.99. The number of anilines is 1. The molecule has 0 unspecified atom stereocenters. The van der Waals surface area contributed by atoms with Crippen molar-refractivity contribution in [3.63, 3.8) is 0 Å². The Morgan fingerprint density at radius 1 is 1.17 bits per heavy atom. The van der Waals surface area contributed by atoms with Crippen molar-refractivity contribution in [1.29, 1.82) is 0 Å². The molecule has 29 heavy (non-hydrogen) atoms. The van der Waals surface area contributed by atoms with Crippen molar-refractivity contribution in [2.45, 2.75) is 18.9 Å². The Bertz CT molecular complexity index is 1110. The van der Waals surface area contributed by atoms with E-state index in [0.29, 0.717) is 31.0 Å². The number of aromatic nitrogens is 3. The van der Waals surface area contributed by atoms with E-state index < -0.39 is 10.2 Å². The summed E-state index contributed by atoms with van der Waals surface area (Å²) in [7, 11) is -0.366. The van der Waals surface area contributed by atoms with Crippen LogP contribution in [0.1, 0.15) is 12.8 Å². The van der Waals surface area contributed by atoms with Crippen LogP contribution in [0.2, 0.25) is 5.02 Å². The molecule has 1 fully saturated rings. The number of fused-ring (bicyclic) bond motifs is 1. The lowest BCUT2D eigenvalue weighted by atomic mass is 10.1. The molecule has 0 aliphatic carbocycles. The fraction of sp³-hybridized carbons (Fsp3) is 0.368. The summed E-state index contributed by atoms with van der Waals surface area (Å²) >= 11 is 5.99. The van der Waals surface area contributed by atoms with Crippen LogP contribution >= 0.6 is 11.6 Å². The molecule has 2 N–H and O–H groups in total. The monoisotopic (exact) mass is 434 g/mol. The Morgan fingerprint density at radius 3 is 2.52 bits per heavy atom. The van der Waals surface area contributed by atoms with Gasteiger partial charge in [0.15, 0.2) is 0 Å². The fourth-order valence-electron chi connectivity index (χ4n) is 3.49. The molecule has 0 radical (unpaired) electrons. The summed E-state index contributed by atoms with van der Waals surface area (Å²) in [4.78, 5) is 14.4. The fourth-order valence-corrected chi connectivity index (χ4v) is 4.48. The second-order valence-electron chi connectivity index (χ2n) is 7.32. The molecule has 154 valence electrons. The highest BCUT2D eigenvalue weighted by molar-refractivity contribution is 7.87. The number of aromatic amines is 1. The Morgan fingerprint density at radius 2 is 1.86 bits per heavy atom. The quantitative estimate of drug-likeness (QED) is 0.643. The van der Waals surface area contributed by atoms with Crippen LogP contribution < -0.4 is 9.62 Å². The molecule has 10 heteroatoms. The van der Waals surface area contributed by atoms with E-state index in [1.165, 1.54) is 18.4 Å². The van der Waals surface area contributed by atoms with Gasteiger partial charge < -0.3 is 9.88 Å². The third-order valence-corrected chi connectivity index (χ3v) is 7.00. The van der Waals surface area contributed by atoms with Gasteiger partial charge >= 0.3 is 0 Å². The molecule has 1 saturated heterocycles. The van der Waals surface area contributed by atoms with Crippen molar-refractivity contribution < 1.29 is 8.42 Å². The van der Waals surface area contributed by atoms with Gasteiger partial charge in [-0.25, -0.2) is 9.97 Å². The van der Waals surface area contributed by atoms with E-state index in [1.54, 1.807) is 6.33 Å². The Labute approximate surface area is 175 Å². The van der Waals surface area contributed by atoms with Gasteiger partial charge in [0.25, 0.3) is 10.2 Å². The molecule has 1 aliphatic heterocycles.